The maximum absolute atomic E-state index is 12.7. The van der Waals surface area contributed by atoms with Crippen LogP contribution in [0.5, 0.6) is 0 Å². The van der Waals surface area contributed by atoms with E-state index in [-0.39, 0.29) is 17.7 Å². The Labute approximate surface area is 185 Å². The van der Waals surface area contributed by atoms with Crippen LogP contribution in [0.25, 0.3) is 10.1 Å². The first-order valence-corrected chi connectivity index (χ1v) is 11.3. The second kappa shape index (κ2) is 8.66. The van der Waals surface area contributed by atoms with Crippen LogP contribution >= 0.6 is 22.9 Å². The Hall–Kier alpha value is -2.57. The summed E-state index contributed by atoms with van der Waals surface area (Å²) in [4.78, 5) is 29.6. The van der Waals surface area contributed by atoms with Crippen LogP contribution in [0.1, 0.15) is 23.5 Å². The maximum atomic E-state index is 12.7. The number of halogens is 1. The van der Waals surface area contributed by atoms with Gasteiger partial charge in [0.05, 0.1) is 5.02 Å². The molecule has 1 saturated heterocycles. The van der Waals surface area contributed by atoms with E-state index in [1.54, 1.807) is 0 Å². The first-order chi connectivity index (χ1) is 14.4. The molecule has 0 aliphatic carbocycles. The predicted molar refractivity (Wildman–Crippen MR) is 125 cm³/mol. The minimum Gasteiger partial charge on any atom is -0.368 e. The van der Waals surface area contributed by atoms with Crippen molar-refractivity contribution >= 4 is 56.2 Å². The average Bonchev–Trinajstić information content (AvgIpc) is 3.11. The van der Waals surface area contributed by atoms with Crippen molar-refractivity contribution in [1.82, 2.24) is 4.90 Å². The molecule has 2 amide bonds. The largest absolute Gasteiger partial charge is 0.368 e. The van der Waals surface area contributed by atoms with Crippen molar-refractivity contribution in [3.05, 3.63) is 58.4 Å². The molecule has 0 atom stereocenters. The lowest BCUT2D eigenvalue weighted by molar-refractivity contribution is -0.134. The number of hydrogen-bond acceptors (Lipinski definition) is 4. The molecule has 2 heterocycles. The van der Waals surface area contributed by atoms with E-state index < -0.39 is 0 Å². The van der Waals surface area contributed by atoms with Crippen molar-refractivity contribution in [2.45, 2.75) is 13.8 Å². The van der Waals surface area contributed by atoms with Gasteiger partial charge >= 0.3 is 0 Å². The lowest BCUT2D eigenvalue weighted by atomic mass is 10.1. The van der Waals surface area contributed by atoms with E-state index in [0.717, 1.165) is 47.6 Å². The zero-order valence-electron chi connectivity index (χ0n) is 17.0. The fourth-order valence-electron chi connectivity index (χ4n) is 3.65. The highest BCUT2D eigenvalue weighted by Crippen LogP contribution is 2.35. The molecule has 5 nitrogen and oxygen atoms in total. The molecular formula is C23H24ClN3O2S. The summed E-state index contributed by atoms with van der Waals surface area (Å²) >= 11 is 7.81. The molecule has 156 valence electrons. The highest BCUT2D eigenvalue weighted by molar-refractivity contribution is 7.21. The summed E-state index contributed by atoms with van der Waals surface area (Å²) in [7, 11) is 0. The van der Waals surface area contributed by atoms with Gasteiger partial charge in [0.25, 0.3) is 5.91 Å². The monoisotopic (exact) mass is 441 g/mol. The Kier molecular flexibility index (Phi) is 5.97. The van der Waals surface area contributed by atoms with E-state index in [0.29, 0.717) is 9.90 Å². The molecule has 0 spiro atoms. The Balaban J connectivity index is 1.40. The molecule has 0 bridgehead atoms. The van der Waals surface area contributed by atoms with Crippen LogP contribution in [-0.4, -0.2) is 42.9 Å². The fourth-order valence-corrected chi connectivity index (χ4v) is 5.07. The number of anilines is 2. The predicted octanol–water partition coefficient (Wildman–Crippen LogP) is 5.11. The van der Waals surface area contributed by atoms with E-state index in [2.05, 4.69) is 10.2 Å². The summed E-state index contributed by atoms with van der Waals surface area (Å²) in [5.74, 6) is 0.0521. The molecule has 1 aliphatic rings. The van der Waals surface area contributed by atoms with Crippen LogP contribution < -0.4 is 10.2 Å². The molecule has 2 aromatic carbocycles. The number of nitrogens with one attached hydrogen (secondary N) is 1. The minimum absolute atomic E-state index is 0.0360. The third-order valence-electron chi connectivity index (χ3n) is 5.32. The van der Waals surface area contributed by atoms with Crippen molar-refractivity contribution in [2.24, 2.45) is 5.92 Å². The number of carbonyl (C=O) groups excluding carboxylic acids is 2. The molecule has 1 aromatic heterocycles. The summed E-state index contributed by atoms with van der Waals surface area (Å²) in [5.41, 5.74) is 1.82. The van der Waals surface area contributed by atoms with Gasteiger partial charge in [0, 0.05) is 53.6 Å². The molecule has 0 saturated carbocycles. The summed E-state index contributed by atoms with van der Waals surface area (Å²) in [6.07, 6.45) is 0. The minimum atomic E-state index is -0.199. The SMILES string of the molecule is CC(C)C(=O)N1CCN(c2ccc(NC(=O)c3sc4ccccc4c3Cl)cc2)CC1. The molecule has 0 unspecified atom stereocenters. The van der Waals surface area contributed by atoms with Gasteiger partial charge in [-0.15, -0.1) is 11.3 Å². The summed E-state index contributed by atoms with van der Waals surface area (Å²) in [6, 6.07) is 15.6. The van der Waals surface area contributed by atoms with Crippen molar-refractivity contribution in [2.75, 3.05) is 36.4 Å². The second-order valence-electron chi connectivity index (χ2n) is 7.71. The number of benzene rings is 2. The first kappa shape index (κ1) is 20.7. The number of rotatable bonds is 4. The number of thiophene rings is 1. The van der Waals surface area contributed by atoms with E-state index in [1.165, 1.54) is 11.3 Å². The normalized spacial score (nSPS) is 14.4. The number of fused-ring (bicyclic) bond motifs is 1. The molecular weight excluding hydrogens is 418 g/mol. The van der Waals surface area contributed by atoms with E-state index in [9.17, 15) is 9.59 Å². The standard InChI is InChI=1S/C23H24ClN3O2S/c1-15(2)23(29)27-13-11-26(12-14-27)17-9-7-16(8-10-17)25-22(28)21-20(24)18-5-3-4-6-19(18)30-21/h3-10,15H,11-14H2,1-2H3,(H,25,28). The molecule has 4 rings (SSSR count). The number of amides is 2. The highest BCUT2D eigenvalue weighted by atomic mass is 35.5. The van der Waals surface area contributed by atoms with Gasteiger partial charge in [-0.3, -0.25) is 9.59 Å². The number of piperazine rings is 1. The lowest BCUT2D eigenvalue weighted by Gasteiger charge is -2.37. The van der Waals surface area contributed by atoms with Crippen molar-refractivity contribution < 1.29 is 9.59 Å². The van der Waals surface area contributed by atoms with Gasteiger partial charge in [-0.05, 0) is 30.3 Å². The number of carbonyl (C=O) groups is 2. The maximum Gasteiger partial charge on any atom is 0.267 e. The number of nitrogens with zero attached hydrogens (tertiary/aromatic N) is 2. The fraction of sp³-hybridized carbons (Fsp3) is 0.304. The van der Waals surface area contributed by atoms with Gasteiger partial charge in [-0.25, -0.2) is 0 Å². The third-order valence-corrected chi connectivity index (χ3v) is 6.99. The molecule has 1 fully saturated rings. The smallest absolute Gasteiger partial charge is 0.267 e. The van der Waals surface area contributed by atoms with Crippen LogP contribution in [0.3, 0.4) is 0 Å². The summed E-state index contributed by atoms with van der Waals surface area (Å²) in [5, 5.41) is 4.34. The Morgan fingerprint density at radius 1 is 1.00 bits per heavy atom. The van der Waals surface area contributed by atoms with Crippen LogP contribution in [0.4, 0.5) is 11.4 Å². The Morgan fingerprint density at radius 2 is 1.67 bits per heavy atom. The van der Waals surface area contributed by atoms with Gasteiger partial charge in [0.1, 0.15) is 4.88 Å². The average molecular weight is 442 g/mol. The van der Waals surface area contributed by atoms with Crippen molar-refractivity contribution in [3.63, 3.8) is 0 Å². The quantitative estimate of drug-likeness (QED) is 0.612. The first-order valence-electron chi connectivity index (χ1n) is 10.1. The zero-order chi connectivity index (χ0) is 21.3. The zero-order valence-corrected chi connectivity index (χ0v) is 18.6. The molecule has 30 heavy (non-hydrogen) atoms. The van der Waals surface area contributed by atoms with Gasteiger partial charge in [0.15, 0.2) is 0 Å². The van der Waals surface area contributed by atoms with E-state index >= 15 is 0 Å². The Morgan fingerprint density at radius 3 is 2.30 bits per heavy atom. The highest BCUT2D eigenvalue weighted by Gasteiger charge is 2.23. The lowest BCUT2D eigenvalue weighted by Crippen LogP contribution is -2.49. The molecule has 7 heteroatoms. The topological polar surface area (TPSA) is 52.7 Å². The van der Waals surface area contributed by atoms with Crippen molar-refractivity contribution in [3.8, 4) is 0 Å². The van der Waals surface area contributed by atoms with Crippen molar-refractivity contribution in [1.29, 1.82) is 0 Å². The third kappa shape index (κ3) is 4.16. The van der Waals surface area contributed by atoms with E-state index in [4.69, 9.17) is 11.6 Å². The molecule has 0 radical (unpaired) electrons. The van der Waals surface area contributed by atoms with Gasteiger partial charge < -0.3 is 15.1 Å². The summed E-state index contributed by atoms with van der Waals surface area (Å²) < 4.78 is 0.998. The number of hydrogen-bond donors (Lipinski definition) is 1. The summed E-state index contributed by atoms with van der Waals surface area (Å²) in [6.45, 7) is 6.96. The van der Waals surface area contributed by atoms with Gasteiger partial charge in [-0.2, -0.15) is 0 Å². The second-order valence-corrected chi connectivity index (χ2v) is 9.14. The van der Waals surface area contributed by atoms with Gasteiger partial charge in [0.2, 0.25) is 5.91 Å². The molecule has 1 N–H and O–H groups in total. The van der Waals surface area contributed by atoms with Crippen LogP contribution in [0.2, 0.25) is 5.02 Å². The van der Waals surface area contributed by atoms with Crippen LogP contribution in [-0.2, 0) is 4.79 Å². The molecule has 1 aliphatic heterocycles. The molecule has 3 aromatic rings. The van der Waals surface area contributed by atoms with Crippen LogP contribution in [0.15, 0.2) is 48.5 Å². The van der Waals surface area contributed by atoms with Crippen LogP contribution in [0, 0.1) is 5.92 Å². The Bertz CT molecular complexity index is 1070. The van der Waals surface area contributed by atoms with E-state index in [1.807, 2.05) is 67.3 Å². The van der Waals surface area contributed by atoms with Gasteiger partial charge in [-0.1, -0.05) is 43.6 Å².